The number of aliphatic carboxylic acids is 1. The third-order valence-corrected chi connectivity index (χ3v) is 3.27. The summed E-state index contributed by atoms with van der Waals surface area (Å²) in [5.74, 6) is -0.951. The van der Waals surface area contributed by atoms with E-state index in [9.17, 15) is 9.59 Å². The minimum atomic E-state index is -0.870. The summed E-state index contributed by atoms with van der Waals surface area (Å²) >= 11 is 0. The van der Waals surface area contributed by atoms with E-state index in [1.54, 1.807) is 0 Å². The van der Waals surface area contributed by atoms with Gasteiger partial charge in [0.05, 0.1) is 0 Å². The van der Waals surface area contributed by atoms with Gasteiger partial charge in [-0.2, -0.15) is 0 Å². The van der Waals surface area contributed by atoms with Crippen molar-refractivity contribution in [3.63, 3.8) is 0 Å². The van der Waals surface area contributed by atoms with Gasteiger partial charge < -0.3 is 15.3 Å². The smallest absolute Gasteiger partial charge is 0.303 e. The molecule has 0 aromatic heterocycles. The lowest BCUT2D eigenvalue weighted by atomic mass is 10.1. The van der Waals surface area contributed by atoms with Crippen LogP contribution >= 0.6 is 0 Å². The van der Waals surface area contributed by atoms with Crippen molar-refractivity contribution in [1.29, 1.82) is 0 Å². The summed E-state index contributed by atoms with van der Waals surface area (Å²) in [6, 6.07) is 9.27. The molecular formula is C14H18N2O3. The van der Waals surface area contributed by atoms with Crippen molar-refractivity contribution >= 4 is 17.6 Å². The molecular weight excluding hydrogens is 244 g/mol. The highest BCUT2D eigenvalue weighted by Gasteiger charge is 2.28. The highest BCUT2D eigenvalue weighted by molar-refractivity contribution is 5.86. The van der Waals surface area contributed by atoms with Crippen LogP contribution in [0.5, 0.6) is 0 Å². The molecule has 1 saturated heterocycles. The maximum absolute atomic E-state index is 12.1. The van der Waals surface area contributed by atoms with E-state index in [1.807, 2.05) is 35.2 Å². The Kier molecular flexibility index (Phi) is 4.39. The van der Waals surface area contributed by atoms with E-state index in [2.05, 4.69) is 5.32 Å². The Morgan fingerprint density at radius 2 is 2.11 bits per heavy atom. The summed E-state index contributed by atoms with van der Waals surface area (Å²) in [5, 5.41) is 11.7. The number of amides is 1. The molecule has 0 spiro atoms. The number of rotatable bonds is 4. The fraction of sp³-hybridized carbons (Fsp3) is 0.429. The minimum Gasteiger partial charge on any atom is -0.481 e. The van der Waals surface area contributed by atoms with Crippen molar-refractivity contribution < 1.29 is 14.7 Å². The fourth-order valence-electron chi connectivity index (χ4n) is 2.35. The second-order valence-electron chi connectivity index (χ2n) is 4.62. The molecule has 1 fully saturated rings. The van der Waals surface area contributed by atoms with E-state index in [1.165, 1.54) is 0 Å². The van der Waals surface area contributed by atoms with Gasteiger partial charge in [-0.1, -0.05) is 18.2 Å². The van der Waals surface area contributed by atoms with Crippen molar-refractivity contribution in [2.24, 2.45) is 0 Å². The standard InChI is InChI=1S/C14H18N2O3/c17-13(18)8-7-12-14(19)15-9-4-10-16(12)11-5-2-1-3-6-11/h1-3,5-6,12H,4,7-10H2,(H,15,19)(H,17,18). The van der Waals surface area contributed by atoms with E-state index in [0.717, 1.165) is 18.7 Å². The van der Waals surface area contributed by atoms with E-state index in [-0.39, 0.29) is 12.3 Å². The molecule has 1 aliphatic heterocycles. The number of benzene rings is 1. The van der Waals surface area contributed by atoms with E-state index >= 15 is 0 Å². The van der Waals surface area contributed by atoms with E-state index in [0.29, 0.717) is 13.0 Å². The lowest BCUT2D eigenvalue weighted by molar-refractivity contribution is -0.137. The first kappa shape index (κ1) is 13.4. The number of hydrogen-bond donors (Lipinski definition) is 2. The Morgan fingerprint density at radius 1 is 1.37 bits per heavy atom. The number of carbonyl (C=O) groups excluding carboxylic acids is 1. The Morgan fingerprint density at radius 3 is 2.79 bits per heavy atom. The molecule has 1 amide bonds. The number of nitrogens with zero attached hydrogens (tertiary/aromatic N) is 1. The first-order valence-corrected chi connectivity index (χ1v) is 6.49. The van der Waals surface area contributed by atoms with Crippen LogP contribution in [0.15, 0.2) is 30.3 Å². The Hall–Kier alpha value is -2.04. The molecule has 0 radical (unpaired) electrons. The van der Waals surface area contributed by atoms with Gasteiger partial charge >= 0.3 is 5.97 Å². The molecule has 1 aromatic rings. The highest BCUT2D eigenvalue weighted by Crippen LogP contribution is 2.21. The summed E-state index contributed by atoms with van der Waals surface area (Å²) in [5.41, 5.74) is 0.968. The van der Waals surface area contributed by atoms with E-state index in [4.69, 9.17) is 5.11 Å². The molecule has 19 heavy (non-hydrogen) atoms. The third-order valence-electron chi connectivity index (χ3n) is 3.27. The monoisotopic (exact) mass is 262 g/mol. The summed E-state index contributed by atoms with van der Waals surface area (Å²) in [6.07, 6.45) is 1.20. The summed E-state index contributed by atoms with van der Waals surface area (Å²) < 4.78 is 0. The first-order valence-electron chi connectivity index (χ1n) is 6.49. The number of hydrogen-bond acceptors (Lipinski definition) is 3. The summed E-state index contributed by atoms with van der Waals surface area (Å²) in [6.45, 7) is 1.40. The van der Waals surface area contributed by atoms with Crippen molar-refractivity contribution in [1.82, 2.24) is 5.32 Å². The quantitative estimate of drug-likeness (QED) is 0.856. The number of anilines is 1. The van der Waals surface area contributed by atoms with Crippen molar-refractivity contribution in [3.05, 3.63) is 30.3 Å². The molecule has 1 heterocycles. The molecule has 5 nitrogen and oxygen atoms in total. The Labute approximate surface area is 112 Å². The van der Waals surface area contributed by atoms with Crippen LogP contribution in [0, 0.1) is 0 Å². The van der Waals surface area contributed by atoms with Gasteiger partial charge in [-0.25, -0.2) is 0 Å². The molecule has 5 heteroatoms. The second-order valence-corrected chi connectivity index (χ2v) is 4.62. The van der Waals surface area contributed by atoms with Crippen molar-refractivity contribution in [2.45, 2.75) is 25.3 Å². The number of carboxylic acids is 1. The molecule has 1 aliphatic rings. The zero-order valence-corrected chi connectivity index (χ0v) is 10.7. The predicted octanol–water partition coefficient (Wildman–Crippen LogP) is 1.25. The van der Waals surface area contributed by atoms with Gasteiger partial charge in [0.1, 0.15) is 6.04 Å². The zero-order chi connectivity index (χ0) is 13.7. The van der Waals surface area contributed by atoms with E-state index < -0.39 is 12.0 Å². The SMILES string of the molecule is O=C(O)CCC1C(=O)NCCCN1c1ccccc1. The van der Waals surface area contributed by atoms with Gasteiger partial charge in [0.2, 0.25) is 5.91 Å². The van der Waals surface area contributed by atoms with Crippen molar-refractivity contribution in [2.75, 3.05) is 18.0 Å². The number of carbonyl (C=O) groups is 2. The first-order chi connectivity index (χ1) is 9.18. The lowest BCUT2D eigenvalue weighted by Gasteiger charge is -2.30. The van der Waals surface area contributed by atoms with Crippen LogP contribution in [0.1, 0.15) is 19.3 Å². The maximum atomic E-state index is 12.1. The maximum Gasteiger partial charge on any atom is 0.303 e. The van der Waals surface area contributed by atoms with Gasteiger partial charge in [0.15, 0.2) is 0 Å². The number of nitrogens with one attached hydrogen (secondary N) is 1. The van der Waals surface area contributed by atoms with Crippen LogP contribution < -0.4 is 10.2 Å². The van der Waals surface area contributed by atoms with Crippen molar-refractivity contribution in [3.8, 4) is 0 Å². The molecule has 2 rings (SSSR count). The lowest BCUT2D eigenvalue weighted by Crippen LogP contribution is -2.44. The van der Waals surface area contributed by atoms with Crippen LogP contribution in [0.4, 0.5) is 5.69 Å². The van der Waals surface area contributed by atoms with Gasteiger partial charge in [-0.3, -0.25) is 9.59 Å². The fourth-order valence-corrected chi connectivity index (χ4v) is 2.35. The largest absolute Gasteiger partial charge is 0.481 e. The van der Waals surface area contributed by atoms with Gasteiger partial charge in [0.25, 0.3) is 0 Å². The Bertz CT molecular complexity index is 447. The van der Waals surface area contributed by atoms with Gasteiger partial charge in [-0.15, -0.1) is 0 Å². The van der Waals surface area contributed by atoms with Crippen LogP contribution in [0.25, 0.3) is 0 Å². The molecule has 0 bridgehead atoms. The number of carboxylic acid groups (broad SMARTS) is 1. The average Bonchev–Trinajstić information content (AvgIpc) is 2.59. The van der Waals surface area contributed by atoms with Crippen LogP contribution in [-0.4, -0.2) is 36.1 Å². The average molecular weight is 262 g/mol. The van der Waals surface area contributed by atoms with Gasteiger partial charge in [-0.05, 0) is 25.0 Å². The predicted molar refractivity (Wildman–Crippen MR) is 72.1 cm³/mol. The normalized spacial score (nSPS) is 19.7. The minimum absolute atomic E-state index is 0.00141. The topological polar surface area (TPSA) is 69.6 Å². The second kappa shape index (κ2) is 6.22. The summed E-state index contributed by atoms with van der Waals surface area (Å²) in [7, 11) is 0. The van der Waals surface area contributed by atoms with Crippen LogP contribution in [-0.2, 0) is 9.59 Å². The molecule has 2 N–H and O–H groups in total. The molecule has 1 aromatic carbocycles. The highest BCUT2D eigenvalue weighted by atomic mass is 16.4. The van der Waals surface area contributed by atoms with Gasteiger partial charge in [0, 0.05) is 25.2 Å². The van der Waals surface area contributed by atoms with Crippen LogP contribution in [0.3, 0.4) is 0 Å². The molecule has 1 unspecified atom stereocenters. The van der Waals surface area contributed by atoms with Crippen LogP contribution in [0.2, 0.25) is 0 Å². The summed E-state index contributed by atoms with van der Waals surface area (Å²) in [4.78, 5) is 24.8. The molecule has 102 valence electrons. The zero-order valence-electron chi connectivity index (χ0n) is 10.7. The molecule has 0 aliphatic carbocycles. The molecule has 1 atom stereocenters. The number of para-hydroxylation sites is 1. The molecule has 0 saturated carbocycles. The Balaban J connectivity index is 2.20. The third kappa shape index (κ3) is 3.47.